The minimum atomic E-state index is -0.922. The summed E-state index contributed by atoms with van der Waals surface area (Å²) in [7, 11) is 0. The summed E-state index contributed by atoms with van der Waals surface area (Å²) in [6, 6.07) is 5.00. The predicted molar refractivity (Wildman–Crippen MR) is 111 cm³/mol. The Kier molecular flexibility index (Phi) is 4.82. The predicted octanol–water partition coefficient (Wildman–Crippen LogP) is 3.09. The number of nitrogens with one attached hydrogen (secondary N) is 1. The summed E-state index contributed by atoms with van der Waals surface area (Å²) in [5, 5.41) is 12.8. The highest BCUT2D eigenvalue weighted by atomic mass is 16.4. The van der Waals surface area contributed by atoms with Crippen molar-refractivity contribution in [1.82, 2.24) is 19.1 Å². The number of rotatable bonds is 5. The average molecular weight is 389 g/mol. The molecule has 29 heavy (non-hydrogen) atoms. The van der Waals surface area contributed by atoms with Gasteiger partial charge in [0.1, 0.15) is 6.54 Å². The van der Waals surface area contributed by atoms with Gasteiger partial charge in [-0.25, -0.2) is 4.98 Å². The molecule has 2 N–H and O–H groups in total. The number of aromatic nitrogens is 4. The average Bonchev–Trinajstić information content (AvgIpc) is 2.92. The highest BCUT2D eigenvalue weighted by molar-refractivity contribution is 5.82. The number of aliphatic carboxylic acids is 1. The lowest BCUT2D eigenvalue weighted by Gasteiger charge is -2.14. The van der Waals surface area contributed by atoms with Gasteiger partial charge >= 0.3 is 5.97 Å². The topological polar surface area (TPSA) is 102 Å². The smallest absolute Gasteiger partial charge is 0.323 e. The Hall–Kier alpha value is -3.94. The Balaban J connectivity index is 1.78. The largest absolute Gasteiger partial charge is 0.480 e. The van der Waals surface area contributed by atoms with Crippen molar-refractivity contribution in [2.45, 2.75) is 19.9 Å². The van der Waals surface area contributed by atoms with Crippen molar-refractivity contribution in [3.05, 3.63) is 77.0 Å². The van der Waals surface area contributed by atoms with E-state index in [1.807, 2.05) is 37.3 Å². The molecule has 3 heterocycles. The lowest BCUT2D eigenvalue weighted by molar-refractivity contribution is -0.137. The van der Waals surface area contributed by atoms with Crippen molar-refractivity contribution in [2.24, 2.45) is 0 Å². The van der Waals surface area contributed by atoms with Crippen molar-refractivity contribution in [2.75, 3.05) is 5.32 Å². The van der Waals surface area contributed by atoms with Crippen LogP contribution in [0.25, 0.3) is 16.7 Å². The highest BCUT2D eigenvalue weighted by Gasteiger charge is 2.13. The van der Waals surface area contributed by atoms with Crippen LogP contribution in [-0.2, 0) is 11.3 Å². The summed E-state index contributed by atoms with van der Waals surface area (Å²) in [5.41, 5.74) is 2.57. The molecule has 0 spiro atoms. The van der Waals surface area contributed by atoms with Crippen LogP contribution in [0.4, 0.5) is 11.6 Å². The fraction of sp³-hybridized carbons (Fsp3) is 0.143. The summed E-state index contributed by atoms with van der Waals surface area (Å²) in [4.78, 5) is 32.6. The maximum atomic E-state index is 12.7. The highest BCUT2D eigenvalue weighted by Crippen LogP contribution is 2.22. The number of hydrogen-bond acceptors (Lipinski definition) is 5. The van der Waals surface area contributed by atoms with Crippen molar-refractivity contribution in [3.63, 3.8) is 0 Å². The molecule has 0 fully saturated rings. The second kappa shape index (κ2) is 7.59. The van der Waals surface area contributed by atoms with Crippen LogP contribution >= 0.6 is 0 Å². The molecule has 0 radical (unpaired) electrons. The van der Waals surface area contributed by atoms with Crippen molar-refractivity contribution in [3.8, 4) is 0 Å². The van der Waals surface area contributed by atoms with E-state index in [1.165, 1.54) is 6.07 Å². The lowest BCUT2D eigenvalue weighted by atomic mass is 10.2. The van der Waals surface area contributed by atoms with Gasteiger partial charge < -0.3 is 15.0 Å². The van der Waals surface area contributed by atoms with Gasteiger partial charge in [0.15, 0.2) is 5.65 Å². The van der Waals surface area contributed by atoms with E-state index in [-0.39, 0.29) is 12.1 Å². The molecular formula is C21H19N5O3. The number of pyridine rings is 1. The van der Waals surface area contributed by atoms with Gasteiger partial charge in [-0.3, -0.25) is 14.2 Å². The Morgan fingerprint density at radius 1 is 1.21 bits per heavy atom. The molecular weight excluding hydrogens is 370 g/mol. The van der Waals surface area contributed by atoms with E-state index in [2.05, 4.69) is 15.3 Å². The fourth-order valence-corrected chi connectivity index (χ4v) is 3.23. The third-order valence-corrected chi connectivity index (χ3v) is 4.53. The van der Waals surface area contributed by atoms with Gasteiger partial charge in [-0.1, -0.05) is 24.3 Å². The summed E-state index contributed by atoms with van der Waals surface area (Å²) >= 11 is 0. The summed E-state index contributed by atoms with van der Waals surface area (Å²) in [6.07, 6.45) is 13.6. The summed E-state index contributed by atoms with van der Waals surface area (Å²) < 4.78 is 3.15. The van der Waals surface area contributed by atoms with Crippen LogP contribution < -0.4 is 10.9 Å². The Morgan fingerprint density at radius 3 is 2.90 bits per heavy atom. The van der Waals surface area contributed by atoms with Crippen LogP contribution in [0.2, 0.25) is 0 Å². The third kappa shape index (κ3) is 3.86. The first-order chi connectivity index (χ1) is 14.0. The van der Waals surface area contributed by atoms with Crippen LogP contribution in [0.15, 0.2) is 65.8 Å². The molecule has 1 aliphatic carbocycles. The molecule has 0 aromatic carbocycles. The molecule has 0 amide bonds. The number of carboxylic acid groups (broad SMARTS) is 1. The van der Waals surface area contributed by atoms with Crippen molar-refractivity contribution in [1.29, 1.82) is 0 Å². The standard InChI is InChI=1S/C21H19N5O3/c1-14-17-8-9-18(27)26(16-6-4-2-3-5-7-16)20(17)24-21(22-14)23-15-10-11-25(12-15)13-19(28)29/h2-6,8-12H,7,13H2,1H3,(H,28,29)(H,22,23,24). The molecule has 3 aromatic heterocycles. The van der Waals surface area contributed by atoms with Crippen LogP contribution in [0.5, 0.6) is 0 Å². The minimum absolute atomic E-state index is 0.131. The van der Waals surface area contributed by atoms with Gasteiger partial charge in [0, 0.05) is 36.0 Å². The second-order valence-electron chi connectivity index (χ2n) is 6.64. The van der Waals surface area contributed by atoms with Crippen LogP contribution in [-0.4, -0.2) is 30.2 Å². The van der Waals surface area contributed by atoms with Crippen molar-refractivity contribution >= 4 is 34.3 Å². The van der Waals surface area contributed by atoms with Crippen LogP contribution in [0, 0.1) is 6.92 Å². The van der Waals surface area contributed by atoms with Crippen molar-refractivity contribution < 1.29 is 9.90 Å². The van der Waals surface area contributed by atoms with E-state index in [4.69, 9.17) is 5.11 Å². The number of carbonyl (C=O) groups is 1. The molecule has 4 rings (SSSR count). The van der Waals surface area contributed by atoms with Gasteiger partial charge in [-0.2, -0.15) is 4.98 Å². The Bertz CT molecular complexity index is 1250. The summed E-state index contributed by atoms with van der Waals surface area (Å²) in [6.45, 7) is 1.73. The zero-order valence-corrected chi connectivity index (χ0v) is 15.7. The number of aryl methyl sites for hydroxylation is 1. The summed E-state index contributed by atoms with van der Waals surface area (Å²) in [5.74, 6) is -0.587. The fourth-order valence-electron chi connectivity index (χ4n) is 3.23. The molecule has 0 saturated heterocycles. The van der Waals surface area contributed by atoms with Gasteiger partial charge in [0.25, 0.3) is 5.56 Å². The van der Waals surface area contributed by atoms with Gasteiger partial charge in [-0.05, 0) is 25.1 Å². The molecule has 0 aliphatic heterocycles. The zero-order valence-electron chi connectivity index (χ0n) is 15.7. The molecule has 146 valence electrons. The lowest BCUT2D eigenvalue weighted by Crippen LogP contribution is -2.20. The monoisotopic (exact) mass is 389 g/mol. The maximum Gasteiger partial charge on any atom is 0.323 e. The molecule has 1 aliphatic rings. The number of anilines is 2. The second-order valence-corrected chi connectivity index (χ2v) is 6.64. The molecule has 8 nitrogen and oxygen atoms in total. The molecule has 3 aromatic rings. The number of hydrogen-bond donors (Lipinski definition) is 2. The van der Waals surface area contributed by atoms with Crippen LogP contribution in [0.1, 0.15) is 12.1 Å². The first-order valence-electron chi connectivity index (χ1n) is 9.09. The zero-order chi connectivity index (χ0) is 20.4. The minimum Gasteiger partial charge on any atom is -0.480 e. The molecule has 0 atom stereocenters. The maximum absolute atomic E-state index is 12.7. The molecule has 0 saturated carbocycles. The van der Waals surface area contributed by atoms with E-state index < -0.39 is 5.97 Å². The van der Waals surface area contributed by atoms with E-state index in [0.717, 1.165) is 16.8 Å². The van der Waals surface area contributed by atoms with E-state index in [1.54, 1.807) is 33.7 Å². The van der Waals surface area contributed by atoms with E-state index in [9.17, 15) is 9.59 Å². The molecule has 0 unspecified atom stereocenters. The van der Waals surface area contributed by atoms with E-state index in [0.29, 0.717) is 23.7 Å². The SMILES string of the molecule is Cc1nc(Nc2ccn(CC(=O)O)c2)nc2c1ccc(=O)n2C1=CC=CC=CC1. The number of carboxylic acids is 1. The third-order valence-electron chi connectivity index (χ3n) is 4.53. The number of nitrogens with zero attached hydrogens (tertiary/aromatic N) is 4. The first-order valence-corrected chi connectivity index (χ1v) is 9.09. The molecule has 8 heteroatoms. The van der Waals surface area contributed by atoms with Gasteiger partial charge in [-0.15, -0.1) is 0 Å². The first kappa shape index (κ1) is 18.4. The number of fused-ring (bicyclic) bond motifs is 1. The quantitative estimate of drug-likeness (QED) is 0.695. The van der Waals surface area contributed by atoms with Gasteiger partial charge in [0.2, 0.25) is 5.95 Å². The normalized spacial score (nSPS) is 13.3. The molecule has 0 bridgehead atoms. The van der Waals surface area contributed by atoms with Gasteiger partial charge in [0.05, 0.1) is 11.4 Å². The van der Waals surface area contributed by atoms with Crippen LogP contribution in [0.3, 0.4) is 0 Å². The van der Waals surface area contributed by atoms with E-state index >= 15 is 0 Å². The Labute approximate surface area is 166 Å². The number of allylic oxidation sites excluding steroid dienone is 6. The Morgan fingerprint density at radius 2 is 2.07 bits per heavy atom.